The molecule has 0 radical (unpaired) electrons. The standard InChI is InChI=1S/C23H24N4O2/c1-15-7-8-16(11-19(15)23(28)24-17-5-3-2-4-6-17)22-13-27(26-25-22)12-20-18-9-10-29-14-21(18)20/h2-8,11,13,18,20-21H,9-10,12,14H2,1H3,(H,24,28). The number of rotatable bonds is 5. The van der Waals surface area contributed by atoms with E-state index in [1.54, 1.807) is 0 Å². The zero-order valence-corrected chi connectivity index (χ0v) is 16.4. The summed E-state index contributed by atoms with van der Waals surface area (Å²) in [6.07, 6.45) is 3.14. The minimum Gasteiger partial charge on any atom is -0.381 e. The highest BCUT2D eigenvalue weighted by Crippen LogP contribution is 2.51. The van der Waals surface area contributed by atoms with E-state index in [0.717, 1.165) is 54.6 Å². The van der Waals surface area contributed by atoms with Gasteiger partial charge in [-0.25, -0.2) is 0 Å². The van der Waals surface area contributed by atoms with Crippen LogP contribution in [0.25, 0.3) is 11.3 Å². The summed E-state index contributed by atoms with van der Waals surface area (Å²) in [5.41, 5.74) is 4.04. The van der Waals surface area contributed by atoms with E-state index >= 15 is 0 Å². The Labute approximate surface area is 169 Å². The van der Waals surface area contributed by atoms with Crippen LogP contribution >= 0.6 is 0 Å². The molecule has 2 aliphatic rings. The van der Waals surface area contributed by atoms with Crippen molar-refractivity contribution in [3.63, 3.8) is 0 Å². The fourth-order valence-electron chi connectivity index (χ4n) is 4.39. The summed E-state index contributed by atoms with van der Waals surface area (Å²) in [5, 5.41) is 11.6. The fraction of sp³-hybridized carbons (Fsp3) is 0.348. The van der Waals surface area contributed by atoms with Crippen LogP contribution in [0.3, 0.4) is 0 Å². The zero-order chi connectivity index (χ0) is 19.8. The summed E-state index contributed by atoms with van der Waals surface area (Å²) in [6.45, 7) is 4.60. The van der Waals surface area contributed by atoms with Gasteiger partial charge in [-0.15, -0.1) is 5.10 Å². The highest BCUT2D eigenvalue weighted by Gasteiger charge is 2.51. The van der Waals surface area contributed by atoms with E-state index < -0.39 is 0 Å². The van der Waals surface area contributed by atoms with Crippen LogP contribution in [-0.2, 0) is 11.3 Å². The van der Waals surface area contributed by atoms with Gasteiger partial charge in [-0.3, -0.25) is 9.48 Å². The number of anilines is 1. The Balaban J connectivity index is 1.32. The molecule has 1 saturated carbocycles. The maximum absolute atomic E-state index is 12.8. The molecule has 2 fully saturated rings. The number of amides is 1. The predicted molar refractivity (Wildman–Crippen MR) is 110 cm³/mol. The molecule has 2 heterocycles. The second kappa shape index (κ2) is 7.44. The second-order valence-electron chi connectivity index (χ2n) is 8.03. The number of aryl methyl sites for hydroxylation is 1. The van der Waals surface area contributed by atoms with E-state index in [1.165, 1.54) is 0 Å². The summed E-state index contributed by atoms with van der Waals surface area (Å²) < 4.78 is 7.50. The van der Waals surface area contributed by atoms with E-state index in [-0.39, 0.29) is 5.91 Å². The lowest BCUT2D eigenvalue weighted by Gasteiger charge is -2.09. The number of ether oxygens (including phenoxy) is 1. The average Bonchev–Trinajstić information content (AvgIpc) is 3.22. The van der Waals surface area contributed by atoms with Gasteiger partial charge in [0, 0.05) is 36.6 Å². The molecule has 1 aliphatic heterocycles. The highest BCUT2D eigenvalue weighted by atomic mass is 16.5. The molecule has 6 nitrogen and oxygen atoms in total. The molecule has 3 unspecified atom stereocenters. The molecule has 2 aromatic carbocycles. The first kappa shape index (κ1) is 18.1. The van der Waals surface area contributed by atoms with Crippen molar-refractivity contribution < 1.29 is 9.53 Å². The predicted octanol–water partition coefficient (Wildman–Crippen LogP) is 3.79. The Hall–Kier alpha value is -2.99. The molecule has 29 heavy (non-hydrogen) atoms. The van der Waals surface area contributed by atoms with Crippen LogP contribution in [0.1, 0.15) is 22.3 Å². The molecule has 1 aromatic heterocycles. The quantitative estimate of drug-likeness (QED) is 0.722. The lowest BCUT2D eigenvalue weighted by molar-refractivity contribution is 0.0884. The number of aromatic nitrogens is 3. The lowest BCUT2D eigenvalue weighted by atomic mass is 10.0. The number of nitrogens with one attached hydrogen (secondary N) is 1. The molecule has 0 spiro atoms. The Morgan fingerprint density at radius 2 is 2.07 bits per heavy atom. The Morgan fingerprint density at radius 1 is 1.21 bits per heavy atom. The van der Waals surface area contributed by atoms with E-state index in [1.807, 2.05) is 66.3 Å². The van der Waals surface area contributed by atoms with Crippen molar-refractivity contribution in [1.29, 1.82) is 0 Å². The smallest absolute Gasteiger partial charge is 0.255 e. The van der Waals surface area contributed by atoms with Gasteiger partial charge in [0.1, 0.15) is 5.69 Å². The maximum atomic E-state index is 12.8. The molecule has 148 valence electrons. The minimum atomic E-state index is -0.120. The second-order valence-corrected chi connectivity index (χ2v) is 8.03. The van der Waals surface area contributed by atoms with Gasteiger partial charge in [-0.2, -0.15) is 0 Å². The third kappa shape index (κ3) is 3.68. The molecule has 1 N–H and O–H groups in total. The van der Waals surface area contributed by atoms with Gasteiger partial charge in [-0.1, -0.05) is 35.5 Å². The van der Waals surface area contributed by atoms with Crippen molar-refractivity contribution in [2.75, 3.05) is 18.5 Å². The Bertz CT molecular complexity index is 1020. The van der Waals surface area contributed by atoms with Crippen LogP contribution < -0.4 is 5.32 Å². The van der Waals surface area contributed by atoms with Crippen LogP contribution in [0, 0.1) is 24.7 Å². The largest absolute Gasteiger partial charge is 0.381 e. The highest BCUT2D eigenvalue weighted by molar-refractivity contribution is 6.05. The van der Waals surface area contributed by atoms with E-state index in [9.17, 15) is 4.79 Å². The van der Waals surface area contributed by atoms with Crippen molar-refractivity contribution in [1.82, 2.24) is 15.0 Å². The van der Waals surface area contributed by atoms with Crippen LogP contribution in [0.4, 0.5) is 5.69 Å². The van der Waals surface area contributed by atoms with Crippen molar-refractivity contribution >= 4 is 11.6 Å². The first-order valence-corrected chi connectivity index (χ1v) is 10.1. The molecule has 6 heteroatoms. The summed E-state index contributed by atoms with van der Waals surface area (Å²) in [5.74, 6) is 2.00. The van der Waals surface area contributed by atoms with Crippen molar-refractivity contribution in [2.45, 2.75) is 19.9 Å². The minimum absolute atomic E-state index is 0.120. The fourth-order valence-corrected chi connectivity index (χ4v) is 4.39. The molecular formula is C23H24N4O2. The van der Waals surface area contributed by atoms with Crippen LogP contribution in [0.15, 0.2) is 54.7 Å². The zero-order valence-electron chi connectivity index (χ0n) is 16.4. The monoisotopic (exact) mass is 388 g/mol. The average molecular weight is 388 g/mol. The number of benzene rings is 2. The van der Waals surface area contributed by atoms with Crippen molar-refractivity contribution in [3.05, 3.63) is 65.9 Å². The molecule has 1 saturated heterocycles. The summed E-state index contributed by atoms with van der Waals surface area (Å²) in [7, 11) is 0. The number of hydrogen-bond acceptors (Lipinski definition) is 4. The van der Waals surface area contributed by atoms with Crippen LogP contribution in [0.5, 0.6) is 0 Å². The number of nitrogens with zero attached hydrogens (tertiary/aromatic N) is 3. The first-order chi connectivity index (χ1) is 14.2. The van der Waals surface area contributed by atoms with Crippen LogP contribution in [0.2, 0.25) is 0 Å². The normalized spacial score (nSPS) is 22.7. The summed E-state index contributed by atoms with van der Waals surface area (Å²) >= 11 is 0. The van der Waals surface area contributed by atoms with Gasteiger partial charge >= 0.3 is 0 Å². The number of hydrogen-bond donors (Lipinski definition) is 1. The third-order valence-electron chi connectivity index (χ3n) is 6.16. The number of fused-ring (bicyclic) bond motifs is 1. The van der Waals surface area contributed by atoms with E-state index in [2.05, 4.69) is 15.6 Å². The van der Waals surface area contributed by atoms with Crippen molar-refractivity contribution in [3.8, 4) is 11.3 Å². The SMILES string of the molecule is Cc1ccc(-c2cn(CC3C4CCOCC43)nn2)cc1C(=O)Nc1ccccc1. The number of carbonyl (C=O) groups excluding carboxylic acids is 1. The summed E-state index contributed by atoms with van der Waals surface area (Å²) in [4.78, 5) is 12.8. The Kier molecular flexibility index (Phi) is 4.64. The molecule has 1 aliphatic carbocycles. The first-order valence-electron chi connectivity index (χ1n) is 10.1. The third-order valence-corrected chi connectivity index (χ3v) is 6.16. The van der Waals surface area contributed by atoms with Crippen molar-refractivity contribution in [2.24, 2.45) is 17.8 Å². The van der Waals surface area contributed by atoms with Gasteiger partial charge in [0.15, 0.2) is 0 Å². The topological polar surface area (TPSA) is 69.0 Å². The van der Waals surface area contributed by atoms with Gasteiger partial charge in [0.2, 0.25) is 0 Å². The lowest BCUT2D eigenvalue weighted by Crippen LogP contribution is -2.13. The summed E-state index contributed by atoms with van der Waals surface area (Å²) in [6, 6.07) is 15.3. The molecule has 1 amide bonds. The number of carbonyl (C=O) groups is 1. The molecule has 0 bridgehead atoms. The van der Waals surface area contributed by atoms with Gasteiger partial charge < -0.3 is 10.1 Å². The number of para-hydroxylation sites is 1. The van der Waals surface area contributed by atoms with E-state index in [0.29, 0.717) is 17.4 Å². The van der Waals surface area contributed by atoms with Crippen LogP contribution in [-0.4, -0.2) is 34.1 Å². The molecule has 3 atom stereocenters. The maximum Gasteiger partial charge on any atom is 0.255 e. The molecular weight excluding hydrogens is 364 g/mol. The van der Waals surface area contributed by atoms with Gasteiger partial charge in [0.05, 0.1) is 6.20 Å². The Morgan fingerprint density at radius 3 is 2.86 bits per heavy atom. The van der Waals surface area contributed by atoms with Gasteiger partial charge in [0.25, 0.3) is 5.91 Å². The van der Waals surface area contributed by atoms with E-state index in [4.69, 9.17) is 4.74 Å². The molecule has 5 rings (SSSR count). The molecule has 3 aromatic rings. The van der Waals surface area contributed by atoms with Gasteiger partial charge in [-0.05, 0) is 54.9 Å².